The first kappa shape index (κ1) is 16.2. The summed E-state index contributed by atoms with van der Waals surface area (Å²) in [4.78, 5) is 11.8. The van der Waals surface area contributed by atoms with Gasteiger partial charge in [-0.3, -0.25) is 4.79 Å². The first-order chi connectivity index (χ1) is 7.28. The van der Waals surface area contributed by atoms with Crippen molar-refractivity contribution in [3.8, 4) is 0 Å². The monoisotopic (exact) mass is 276 g/mol. The number of amides is 1. The summed E-state index contributed by atoms with van der Waals surface area (Å²) in [5.74, 6) is -0.149. The molecule has 96 valence electrons. The standard InChI is InChI=1S/C12H17ClN2O.ClH/c1-8-4-9(6-10(13)5-8)11(16)15-7-12(2,3)14;/h4-6H,7,14H2,1-3H3,(H,15,16);1H. The van der Waals surface area contributed by atoms with Gasteiger partial charge in [0.2, 0.25) is 0 Å². The summed E-state index contributed by atoms with van der Waals surface area (Å²) in [5.41, 5.74) is 6.89. The second-order valence-electron chi connectivity index (χ2n) is 4.69. The first-order valence-corrected chi connectivity index (χ1v) is 5.50. The molecule has 0 aromatic heterocycles. The molecule has 0 aliphatic carbocycles. The number of aryl methyl sites for hydroxylation is 1. The van der Waals surface area contributed by atoms with E-state index in [0.29, 0.717) is 17.1 Å². The number of benzene rings is 1. The molecule has 1 aromatic rings. The van der Waals surface area contributed by atoms with Gasteiger partial charge in [-0.05, 0) is 44.5 Å². The number of hydrogen-bond donors (Lipinski definition) is 2. The van der Waals surface area contributed by atoms with E-state index >= 15 is 0 Å². The molecule has 0 spiro atoms. The molecule has 0 radical (unpaired) electrons. The lowest BCUT2D eigenvalue weighted by atomic mass is 10.1. The summed E-state index contributed by atoms with van der Waals surface area (Å²) in [6.45, 7) is 6.04. The summed E-state index contributed by atoms with van der Waals surface area (Å²) in [6, 6.07) is 5.25. The fraction of sp³-hybridized carbons (Fsp3) is 0.417. The fourth-order valence-electron chi connectivity index (χ4n) is 1.28. The van der Waals surface area contributed by atoms with Gasteiger partial charge in [0.1, 0.15) is 0 Å². The van der Waals surface area contributed by atoms with Crippen molar-refractivity contribution in [2.75, 3.05) is 6.54 Å². The maximum Gasteiger partial charge on any atom is 0.251 e. The van der Waals surface area contributed by atoms with E-state index in [1.807, 2.05) is 26.8 Å². The third kappa shape index (κ3) is 5.91. The van der Waals surface area contributed by atoms with Crippen LogP contribution in [-0.4, -0.2) is 18.0 Å². The Balaban J connectivity index is 0.00000256. The van der Waals surface area contributed by atoms with Crippen molar-refractivity contribution in [3.63, 3.8) is 0 Å². The van der Waals surface area contributed by atoms with E-state index < -0.39 is 5.54 Å². The molecule has 0 bridgehead atoms. The van der Waals surface area contributed by atoms with E-state index in [2.05, 4.69) is 5.32 Å². The van der Waals surface area contributed by atoms with E-state index in [-0.39, 0.29) is 18.3 Å². The van der Waals surface area contributed by atoms with Gasteiger partial charge < -0.3 is 11.1 Å². The van der Waals surface area contributed by atoms with Gasteiger partial charge in [0, 0.05) is 22.7 Å². The van der Waals surface area contributed by atoms with E-state index in [1.165, 1.54) is 0 Å². The van der Waals surface area contributed by atoms with E-state index in [1.54, 1.807) is 12.1 Å². The summed E-state index contributed by atoms with van der Waals surface area (Å²) in [6.07, 6.45) is 0. The molecule has 1 amide bonds. The van der Waals surface area contributed by atoms with Crippen LogP contribution in [-0.2, 0) is 0 Å². The molecule has 0 heterocycles. The van der Waals surface area contributed by atoms with Crippen LogP contribution in [0.1, 0.15) is 29.8 Å². The Morgan fingerprint density at radius 3 is 2.47 bits per heavy atom. The van der Waals surface area contributed by atoms with Gasteiger partial charge in [-0.1, -0.05) is 11.6 Å². The number of halogens is 2. The largest absolute Gasteiger partial charge is 0.350 e. The van der Waals surface area contributed by atoms with Gasteiger partial charge >= 0.3 is 0 Å². The topological polar surface area (TPSA) is 55.1 Å². The normalized spacial score (nSPS) is 10.6. The third-order valence-corrected chi connectivity index (χ3v) is 2.23. The van der Waals surface area contributed by atoms with Crippen molar-refractivity contribution in [1.82, 2.24) is 5.32 Å². The Morgan fingerprint density at radius 1 is 1.41 bits per heavy atom. The minimum Gasteiger partial charge on any atom is -0.350 e. The zero-order valence-corrected chi connectivity index (χ0v) is 11.8. The quantitative estimate of drug-likeness (QED) is 0.892. The number of hydrogen-bond acceptors (Lipinski definition) is 2. The molecule has 17 heavy (non-hydrogen) atoms. The van der Waals surface area contributed by atoms with Gasteiger partial charge in [0.15, 0.2) is 0 Å². The van der Waals surface area contributed by atoms with Gasteiger partial charge in [0.05, 0.1) is 0 Å². The highest BCUT2D eigenvalue weighted by molar-refractivity contribution is 6.31. The number of carbonyl (C=O) groups excluding carboxylic acids is 1. The van der Waals surface area contributed by atoms with E-state index in [4.69, 9.17) is 17.3 Å². The summed E-state index contributed by atoms with van der Waals surface area (Å²) >= 11 is 5.88. The van der Waals surface area contributed by atoms with Crippen LogP contribution in [0.3, 0.4) is 0 Å². The minimum atomic E-state index is -0.413. The number of nitrogens with one attached hydrogen (secondary N) is 1. The molecule has 1 rings (SSSR count). The molecule has 0 atom stereocenters. The Labute approximate surface area is 113 Å². The first-order valence-electron chi connectivity index (χ1n) is 5.12. The van der Waals surface area contributed by atoms with E-state index in [9.17, 15) is 4.79 Å². The Hall–Kier alpha value is -0.770. The van der Waals surface area contributed by atoms with Crippen LogP contribution in [0.25, 0.3) is 0 Å². The van der Waals surface area contributed by atoms with Gasteiger partial charge in [-0.25, -0.2) is 0 Å². The van der Waals surface area contributed by atoms with Crippen LogP contribution in [0.4, 0.5) is 0 Å². The molecule has 0 saturated carbocycles. The molecule has 0 aliphatic rings. The number of carbonyl (C=O) groups is 1. The summed E-state index contributed by atoms with van der Waals surface area (Å²) in [5, 5.41) is 3.34. The fourth-order valence-corrected chi connectivity index (χ4v) is 1.57. The lowest BCUT2D eigenvalue weighted by Crippen LogP contribution is -2.45. The maximum absolute atomic E-state index is 11.8. The van der Waals surface area contributed by atoms with Gasteiger partial charge in [0.25, 0.3) is 5.91 Å². The average Bonchev–Trinajstić information content (AvgIpc) is 2.11. The van der Waals surface area contributed by atoms with Crippen molar-refractivity contribution >= 4 is 29.9 Å². The molecule has 3 nitrogen and oxygen atoms in total. The molecule has 3 N–H and O–H groups in total. The van der Waals surface area contributed by atoms with Crippen LogP contribution in [0.5, 0.6) is 0 Å². The molecule has 0 fully saturated rings. The van der Waals surface area contributed by atoms with Crippen LogP contribution in [0, 0.1) is 6.92 Å². The van der Waals surface area contributed by atoms with E-state index in [0.717, 1.165) is 5.56 Å². The molecule has 5 heteroatoms. The molecular weight excluding hydrogens is 259 g/mol. The molecule has 0 unspecified atom stereocenters. The maximum atomic E-state index is 11.8. The predicted molar refractivity (Wildman–Crippen MR) is 74.0 cm³/mol. The molecular formula is C12H18Cl2N2O. The Bertz CT molecular complexity index is 380. The SMILES string of the molecule is Cc1cc(Cl)cc(C(=O)NCC(C)(C)N)c1.Cl. The van der Waals surface area contributed by atoms with Crippen LogP contribution in [0.2, 0.25) is 5.02 Å². The molecule has 0 aliphatic heterocycles. The highest BCUT2D eigenvalue weighted by Crippen LogP contribution is 2.14. The zero-order valence-electron chi connectivity index (χ0n) is 10.2. The second-order valence-corrected chi connectivity index (χ2v) is 5.12. The third-order valence-electron chi connectivity index (χ3n) is 2.01. The Morgan fingerprint density at radius 2 is 2.00 bits per heavy atom. The zero-order chi connectivity index (χ0) is 12.3. The van der Waals surface area contributed by atoms with Crippen LogP contribution >= 0.6 is 24.0 Å². The predicted octanol–water partition coefficient (Wildman–Crippen LogP) is 2.54. The van der Waals surface area contributed by atoms with Crippen molar-refractivity contribution in [3.05, 3.63) is 34.3 Å². The minimum absolute atomic E-state index is 0. The highest BCUT2D eigenvalue weighted by atomic mass is 35.5. The van der Waals surface area contributed by atoms with Gasteiger partial charge in [-0.15, -0.1) is 12.4 Å². The van der Waals surface area contributed by atoms with Crippen molar-refractivity contribution in [1.29, 1.82) is 0 Å². The molecule has 1 aromatic carbocycles. The van der Waals surface area contributed by atoms with Crippen LogP contribution in [0.15, 0.2) is 18.2 Å². The van der Waals surface area contributed by atoms with Crippen molar-refractivity contribution in [2.24, 2.45) is 5.73 Å². The smallest absolute Gasteiger partial charge is 0.251 e. The second kappa shape index (κ2) is 6.24. The van der Waals surface area contributed by atoms with Gasteiger partial charge in [-0.2, -0.15) is 0 Å². The molecule has 0 saturated heterocycles. The number of nitrogens with two attached hydrogens (primary N) is 1. The lowest BCUT2D eigenvalue weighted by Gasteiger charge is -2.19. The highest BCUT2D eigenvalue weighted by Gasteiger charge is 2.13. The van der Waals surface area contributed by atoms with Crippen LogP contribution < -0.4 is 11.1 Å². The summed E-state index contributed by atoms with van der Waals surface area (Å²) in [7, 11) is 0. The summed E-state index contributed by atoms with van der Waals surface area (Å²) < 4.78 is 0. The lowest BCUT2D eigenvalue weighted by molar-refractivity contribution is 0.0946. The van der Waals surface area contributed by atoms with Crippen molar-refractivity contribution in [2.45, 2.75) is 26.3 Å². The average molecular weight is 277 g/mol. The number of rotatable bonds is 3. The van der Waals surface area contributed by atoms with Crippen molar-refractivity contribution < 1.29 is 4.79 Å². The Kier molecular flexibility index (Phi) is 5.96.